The lowest BCUT2D eigenvalue weighted by molar-refractivity contribution is -0.0697. The number of hydrogen-bond donors (Lipinski definition) is 2. The first-order chi connectivity index (χ1) is 10.6. The van der Waals surface area contributed by atoms with Gasteiger partial charge in [-0.3, -0.25) is 4.68 Å². The van der Waals surface area contributed by atoms with E-state index in [-0.39, 0.29) is 13.2 Å². The van der Waals surface area contributed by atoms with Crippen molar-refractivity contribution in [1.29, 1.82) is 0 Å². The summed E-state index contributed by atoms with van der Waals surface area (Å²) in [6.45, 7) is 1.90. The van der Waals surface area contributed by atoms with Crippen molar-refractivity contribution >= 4 is 16.6 Å². The van der Waals surface area contributed by atoms with Crippen LogP contribution in [0.3, 0.4) is 0 Å². The lowest BCUT2D eigenvalue weighted by Gasteiger charge is -2.22. The molecule has 0 saturated heterocycles. The van der Waals surface area contributed by atoms with E-state index < -0.39 is 5.60 Å². The second kappa shape index (κ2) is 5.70. The minimum absolute atomic E-state index is 0.0377. The van der Waals surface area contributed by atoms with Crippen LogP contribution in [0.15, 0.2) is 23.4 Å². The smallest absolute Gasteiger partial charge is 0.168 e. The van der Waals surface area contributed by atoms with Crippen LogP contribution < -0.4 is 0 Å². The number of fused-ring (bicyclic) bond motifs is 1. The first-order valence-corrected chi connectivity index (χ1v) is 7.55. The summed E-state index contributed by atoms with van der Waals surface area (Å²) in [4.78, 5) is 5.42. The van der Waals surface area contributed by atoms with E-state index in [2.05, 4.69) is 29.3 Å². The molecule has 0 fully saturated rings. The molecule has 0 aliphatic carbocycles. The number of aliphatic hydroxyl groups is 2. The van der Waals surface area contributed by atoms with Gasteiger partial charge in [-0.15, -0.1) is 0 Å². The zero-order valence-electron chi connectivity index (χ0n) is 12.9. The SMILES string of the molecule is CCc1nn(C)c2cc(C3=NOC(CO)(CCO)C3)ccc12. The molecule has 1 atom stereocenters. The van der Waals surface area contributed by atoms with Gasteiger partial charge in [0.1, 0.15) is 0 Å². The van der Waals surface area contributed by atoms with Crippen molar-refractivity contribution in [3.8, 4) is 0 Å². The summed E-state index contributed by atoms with van der Waals surface area (Å²) in [6, 6.07) is 6.12. The van der Waals surface area contributed by atoms with Gasteiger partial charge in [-0.2, -0.15) is 5.10 Å². The van der Waals surface area contributed by atoms with Gasteiger partial charge in [-0.25, -0.2) is 0 Å². The largest absolute Gasteiger partial charge is 0.396 e. The van der Waals surface area contributed by atoms with Gasteiger partial charge < -0.3 is 15.1 Å². The molecule has 0 saturated carbocycles. The Balaban J connectivity index is 1.93. The van der Waals surface area contributed by atoms with Crippen molar-refractivity contribution in [3.05, 3.63) is 29.5 Å². The van der Waals surface area contributed by atoms with Gasteiger partial charge in [0.15, 0.2) is 5.60 Å². The van der Waals surface area contributed by atoms with Gasteiger partial charge in [0.05, 0.1) is 23.5 Å². The lowest BCUT2D eigenvalue weighted by atomic mass is 9.92. The highest BCUT2D eigenvalue weighted by Gasteiger charge is 2.38. The molecule has 6 heteroatoms. The molecule has 1 aliphatic heterocycles. The number of aromatic nitrogens is 2. The predicted molar refractivity (Wildman–Crippen MR) is 83.9 cm³/mol. The number of aryl methyl sites for hydroxylation is 2. The summed E-state index contributed by atoms with van der Waals surface area (Å²) in [5.41, 5.74) is 3.11. The van der Waals surface area contributed by atoms with Gasteiger partial charge in [0, 0.05) is 37.4 Å². The number of nitrogens with zero attached hydrogens (tertiary/aromatic N) is 3. The van der Waals surface area contributed by atoms with Crippen LogP contribution in [-0.2, 0) is 18.3 Å². The Morgan fingerprint density at radius 2 is 2.18 bits per heavy atom. The number of rotatable bonds is 5. The molecule has 6 nitrogen and oxygen atoms in total. The average Bonchev–Trinajstić information content (AvgIpc) is 3.10. The van der Waals surface area contributed by atoms with Crippen molar-refractivity contribution in [2.75, 3.05) is 13.2 Å². The molecule has 2 heterocycles. The fourth-order valence-electron chi connectivity index (χ4n) is 2.95. The fourth-order valence-corrected chi connectivity index (χ4v) is 2.95. The van der Waals surface area contributed by atoms with Crippen LogP contribution in [0.5, 0.6) is 0 Å². The molecule has 118 valence electrons. The number of aliphatic hydroxyl groups excluding tert-OH is 2. The second-order valence-electron chi connectivity index (χ2n) is 5.78. The molecular formula is C16H21N3O3. The third-order valence-corrected chi connectivity index (χ3v) is 4.29. The molecule has 3 rings (SSSR count). The van der Waals surface area contributed by atoms with Crippen molar-refractivity contribution in [3.63, 3.8) is 0 Å². The molecular weight excluding hydrogens is 282 g/mol. The fraction of sp³-hybridized carbons (Fsp3) is 0.500. The monoisotopic (exact) mass is 303 g/mol. The van der Waals surface area contributed by atoms with E-state index in [1.807, 2.05) is 17.8 Å². The first kappa shape index (κ1) is 15.0. The summed E-state index contributed by atoms with van der Waals surface area (Å²) >= 11 is 0. The molecule has 0 spiro atoms. The van der Waals surface area contributed by atoms with E-state index in [0.29, 0.717) is 12.8 Å². The Morgan fingerprint density at radius 1 is 1.36 bits per heavy atom. The summed E-state index contributed by atoms with van der Waals surface area (Å²) in [5.74, 6) is 0. The van der Waals surface area contributed by atoms with Crippen molar-refractivity contribution in [2.45, 2.75) is 31.8 Å². The van der Waals surface area contributed by atoms with E-state index in [1.54, 1.807) is 0 Å². The van der Waals surface area contributed by atoms with E-state index >= 15 is 0 Å². The average molecular weight is 303 g/mol. The Hall–Kier alpha value is -1.92. The zero-order chi connectivity index (χ0) is 15.7. The van der Waals surface area contributed by atoms with Crippen molar-refractivity contribution in [2.24, 2.45) is 12.2 Å². The Kier molecular flexibility index (Phi) is 3.88. The standard InChI is InChI=1S/C16H21N3O3/c1-3-13-12-5-4-11(8-15(12)19(2)17-13)14-9-16(10-21,6-7-20)22-18-14/h4-5,8,20-21H,3,6-7,9-10H2,1-2H3. The highest BCUT2D eigenvalue weighted by atomic mass is 16.7. The molecule has 2 N–H and O–H groups in total. The molecule has 0 amide bonds. The highest BCUT2D eigenvalue weighted by molar-refractivity contribution is 6.04. The Morgan fingerprint density at radius 3 is 2.86 bits per heavy atom. The maximum Gasteiger partial charge on any atom is 0.168 e. The van der Waals surface area contributed by atoms with Gasteiger partial charge in [0.25, 0.3) is 0 Å². The number of hydrogen-bond acceptors (Lipinski definition) is 5. The molecule has 1 unspecified atom stereocenters. The zero-order valence-corrected chi connectivity index (χ0v) is 12.9. The predicted octanol–water partition coefficient (Wildman–Crippen LogP) is 1.37. The molecule has 1 aliphatic rings. The van der Waals surface area contributed by atoms with Crippen LogP contribution in [0.25, 0.3) is 10.9 Å². The quantitative estimate of drug-likeness (QED) is 0.874. The summed E-state index contributed by atoms with van der Waals surface area (Å²) in [7, 11) is 1.93. The van der Waals surface area contributed by atoms with Gasteiger partial charge in [0.2, 0.25) is 0 Å². The van der Waals surface area contributed by atoms with Crippen LogP contribution >= 0.6 is 0 Å². The topological polar surface area (TPSA) is 79.9 Å². The maximum absolute atomic E-state index is 9.54. The van der Waals surface area contributed by atoms with Crippen LogP contribution in [0.1, 0.15) is 31.0 Å². The van der Waals surface area contributed by atoms with Crippen molar-refractivity contribution < 1.29 is 15.1 Å². The molecule has 0 bridgehead atoms. The number of oxime groups is 1. The van der Waals surface area contributed by atoms with Gasteiger partial charge >= 0.3 is 0 Å². The van der Waals surface area contributed by atoms with Crippen LogP contribution in [0.4, 0.5) is 0 Å². The van der Waals surface area contributed by atoms with Crippen molar-refractivity contribution in [1.82, 2.24) is 9.78 Å². The number of benzene rings is 1. The molecule has 2 aromatic rings. The van der Waals surface area contributed by atoms with E-state index in [0.717, 1.165) is 34.3 Å². The first-order valence-electron chi connectivity index (χ1n) is 7.55. The van der Waals surface area contributed by atoms with E-state index in [9.17, 15) is 5.11 Å². The third-order valence-electron chi connectivity index (χ3n) is 4.29. The maximum atomic E-state index is 9.54. The minimum atomic E-state index is -0.792. The van der Waals surface area contributed by atoms with Crippen LogP contribution in [-0.4, -0.2) is 44.5 Å². The minimum Gasteiger partial charge on any atom is -0.396 e. The molecule has 0 radical (unpaired) electrons. The van der Waals surface area contributed by atoms with Crippen LogP contribution in [0, 0.1) is 0 Å². The summed E-state index contributed by atoms with van der Waals surface area (Å²) in [5, 5.41) is 28.5. The normalized spacial score (nSPS) is 21.2. The highest BCUT2D eigenvalue weighted by Crippen LogP contribution is 2.30. The summed E-state index contributed by atoms with van der Waals surface area (Å²) < 4.78 is 1.88. The lowest BCUT2D eigenvalue weighted by Crippen LogP contribution is -2.34. The third kappa shape index (κ3) is 2.38. The second-order valence-corrected chi connectivity index (χ2v) is 5.78. The molecule has 22 heavy (non-hydrogen) atoms. The van der Waals surface area contributed by atoms with E-state index in [4.69, 9.17) is 9.94 Å². The van der Waals surface area contributed by atoms with E-state index in [1.165, 1.54) is 0 Å². The van der Waals surface area contributed by atoms with Gasteiger partial charge in [-0.05, 0) is 12.5 Å². The molecule has 1 aromatic heterocycles. The van der Waals surface area contributed by atoms with Crippen LogP contribution in [0.2, 0.25) is 0 Å². The molecule has 1 aromatic carbocycles. The Bertz CT molecular complexity index is 723. The van der Waals surface area contributed by atoms with Gasteiger partial charge in [-0.1, -0.05) is 24.2 Å². The summed E-state index contributed by atoms with van der Waals surface area (Å²) in [6.07, 6.45) is 1.75. The Labute approximate surface area is 129 Å².